The van der Waals surface area contributed by atoms with Crippen molar-refractivity contribution in [3.8, 4) is 0 Å². The van der Waals surface area contributed by atoms with E-state index in [1.54, 1.807) is 0 Å². The number of thiophene rings is 1. The normalized spacial score (nSPS) is 13.7. The molecule has 6 aromatic carbocycles. The smallest absolute Gasteiger partial charge is 0.0620 e. The maximum absolute atomic E-state index is 2.56. The van der Waals surface area contributed by atoms with Crippen LogP contribution in [0.15, 0.2) is 97.1 Å². The van der Waals surface area contributed by atoms with Crippen LogP contribution < -0.4 is 0 Å². The summed E-state index contributed by atoms with van der Waals surface area (Å²) in [6.45, 7) is 14.0. The third-order valence-electron chi connectivity index (χ3n) is 11.1. The van der Waals surface area contributed by atoms with E-state index < -0.39 is 0 Å². The Kier molecular flexibility index (Phi) is 4.55. The van der Waals surface area contributed by atoms with Crippen LogP contribution in [0.4, 0.5) is 0 Å². The maximum Gasteiger partial charge on any atom is 0.0620 e. The third-order valence-corrected chi connectivity index (χ3v) is 12.2. The summed E-state index contributed by atoms with van der Waals surface area (Å²) in [5.41, 5.74) is 10.8. The molecule has 0 unspecified atom stereocenters. The first kappa shape index (κ1) is 26.2. The molecule has 0 radical (unpaired) electrons. The zero-order valence-electron chi connectivity index (χ0n) is 27.5. The second-order valence-corrected chi connectivity index (χ2v) is 16.9. The average Bonchev–Trinajstić information content (AvgIpc) is 3.82. The van der Waals surface area contributed by atoms with Crippen LogP contribution in [0.5, 0.6) is 0 Å². The summed E-state index contributed by atoms with van der Waals surface area (Å²) in [5, 5.41) is 13.6. The molecule has 0 amide bonds. The molecule has 0 N–H and O–H groups in total. The third kappa shape index (κ3) is 3.12. The van der Waals surface area contributed by atoms with E-state index in [0.29, 0.717) is 0 Å². The molecule has 0 aliphatic heterocycles. The molecule has 0 spiro atoms. The monoisotopic (exact) mass is 622 g/mol. The maximum atomic E-state index is 2.56. The van der Waals surface area contributed by atoms with Crippen LogP contribution in [-0.2, 0) is 10.8 Å². The van der Waals surface area contributed by atoms with Crippen molar-refractivity contribution in [2.24, 2.45) is 0 Å². The van der Waals surface area contributed by atoms with Gasteiger partial charge in [0.05, 0.1) is 33.1 Å². The lowest BCUT2D eigenvalue weighted by atomic mass is 9.84. The Balaban J connectivity index is 1.35. The average molecular weight is 623 g/mol. The fraction of sp³-hybridized carbons (Fsp3) is 0.182. The molecule has 47 heavy (non-hydrogen) atoms. The van der Waals surface area contributed by atoms with Crippen molar-refractivity contribution in [3.05, 3.63) is 108 Å². The lowest BCUT2D eigenvalue weighted by Gasteiger charge is -2.20. The standard InChI is InChI=1S/C44H34N2S/c1-43(2,3)23-14-15-33-28(18-23)31-19-24(44(4,5)6)20-32-30-22-35-29(21-36(30)45(33)42(31)32)25-11-9-12-27-39-34(46(35)41(25)27)16-17-38-40(39)26-10-7-8-13-37(26)47-38/h7-22H,1-6H3. The van der Waals surface area contributed by atoms with Gasteiger partial charge in [-0.2, -0.15) is 0 Å². The van der Waals surface area contributed by atoms with E-state index in [4.69, 9.17) is 0 Å². The number of hydrogen-bond acceptors (Lipinski definition) is 1. The van der Waals surface area contributed by atoms with Crippen molar-refractivity contribution in [2.75, 3.05) is 0 Å². The molecular weight excluding hydrogens is 589 g/mol. The van der Waals surface area contributed by atoms with E-state index in [2.05, 4.69) is 147 Å². The van der Waals surface area contributed by atoms with Crippen LogP contribution in [0.25, 0.3) is 96.4 Å². The van der Waals surface area contributed by atoms with E-state index in [9.17, 15) is 0 Å². The summed E-state index contributed by atoms with van der Waals surface area (Å²) in [5.74, 6) is 0. The van der Waals surface area contributed by atoms with Crippen LogP contribution in [0, 0.1) is 0 Å². The Labute approximate surface area is 276 Å². The van der Waals surface area contributed by atoms with Crippen molar-refractivity contribution in [1.82, 2.24) is 8.80 Å². The van der Waals surface area contributed by atoms with Gasteiger partial charge in [0.15, 0.2) is 0 Å². The highest BCUT2D eigenvalue weighted by Gasteiger charge is 2.26. The lowest BCUT2D eigenvalue weighted by molar-refractivity contribution is 0.590. The number of nitrogens with zero attached hydrogens (tertiary/aromatic N) is 2. The van der Waals surface area contributed by atoms with Crippen LogP contribution in [0.3, 0.4) is 0 Å². The molecule has 0 saturated carbocycles. The Hall–Kier alpha value is -4.86. The minimum absolute atomic E-state index is 0.0357. The van der Waals surface area contributed by atoms with Crippen LogP contribution in [0.1, 0.15) is 52.7 Å². The largest absolute Gasteiger partial charge is 0.308 e. The van der Waals surface area contributed by atoms with Gasteiger partial charge in [-0.1, -0.05) is 84.0 Å². The van der Waals surface area contributed by atoms with Gasteiger partial charge in [0, 0.05) is 63.3 Å². The second kappa shape index (κ2) is 8.16. The van der Waals surface area contributed by atoms with Crippen molar-refractivity contribution in [3.63, 3.8) is 0 Å². The van der Waals surface area contributed by atoms with Gasteiger partial charge >= 0.3 is 0 Å². The van der Waals surface area contributed by atoms with E-state index in [0.717, 1.165) is 0 Å². The van der Waals surface area contributed by atoms with E-state index in [-0.39, 0.29) is 10.8 Å². The van der Waals surface area contributed by atoms with E-state index >= 15 is 0 Å². The van der Waals surface area contributed by atoms with E-state index in [1.807, 2.05) is 11.3 Å². The highest BCUT2D eigenvalue weighted by Crippen LogP contribution is 2.48. The number of hydrogen-bond donors (Lipinski definition) is 0. The molecule has 0 aliphatic rings. The Morgan fingerprint density at radius 3 is 1.72 bits per heavy atom. The summed E-state index contributed by atoms with van der Waals surface area (Å²) in [7, 11) is 0. The number of rotatable bonds is 0. The van der Waals surface area contributed by atoms with Crippen molar-refractivity contribution >= 4 is 108 Å². The fourth-order valence-electron chi connectivity index (χ4n) is 8.72. The number of fused-ring (bicyclic) bond motifs is 16. The van der Waals surface area contributed by atoms with Gasteiger partial charge in [0.2, 0.25) is 0 Å². The predicted octanol–water partition coefficient (Wildman–Crippen LogP) is 12.9. The Bertz CT molecular complexity index is 3130. The minimum atomic E-state index is 0.0357. The zero-order valence-corrected chi connectivity index (χ0v) is 28.4. The van der Waals surface area contributed by atoms with Crippen LogP contribution >= 0.6 is 11.3 Å². The van der Waals surface area contributed by atoms with Gasteiger partial charge < -0.3 is 8.80 Å². The first-order valence-corrected chi connectivity index (χ1v) is 17.6. The summed E-state index contributed by atoms with van der Waals surface area (Å²) < 4.78 is 7.84. The first-order chi connectivity index (χ1) is 22.6. The molecule has 0 bridgehead atoms. The van der Waals surface area contributed by atoms with Crippen LogP contribution in [-0.4, -0.2) is 8.80 Å². The lowest BCUT2D eigenvalue weighted by Crippen LogP contribution is -2.11. The number of aromatic nitrogens is 2. The van der Waals surface area contributed by atoms with Gasteiger partial charge in [-0.15, -0.1) is 11.3 Å². The van der Waals surface area contributed by atoms with Gasteiger partial charge in [0.1, 0.15) is 0 Å². The van der Waals surface area contributed by atoms with Crippen molar-refractivity contribution in [2.45, 2.75) is 52.4 Å². The summed E-state index contributed by atoms with van der Waals surface area (Å²) in [6, 6.07) is 37.6. The molecule has 11 aromatic rings. The molecule has 5 aromatic heterocycles. The quantitative estimate of drug-likeness (QED) is 0.159. The van der Waals surface area contributed by atoms with Gasteiger partial charge in [0.25, 0.3) is 0 Å². The molecule has 0 saturated heterocycles. The first-order valence-electron chi connectivity index (χ1n) is 16.8. The molecule has 3 heteroatoms. The molecule has 0 fully saturated rings. The zero-order chi connectivity index (χ0) is 31.7. The van der Waals surface area contributed by atoms with Gasteiger partial charge in [-0.3, -0.25) is 0 Å². The van der Waals surface area contributed by atoms with Crippen LogP contribution in [0.2, 0.25) is 0 Å². The molecule has 0 aliphatic carbocycles. The fourth-order valence-corrected chi connectivity index (χ4v) is 9.83. The molecule has 226 valence electrons. The van der Waals surface area contributed by atoms with Crippen molar-refractivity contribution in [1.29, 1.82) is 0 Å². The Morgan fingerprint density at radius 2 is 0.979 bits per heavy atom. The molecular formula is C44H34N2S. The van der Waals surface area contributed by atoms with E-state index in [1.165, 1.54) is 107 Å². The highest BCUT2D eigenvalue weighted by molar-refractivity contribution is 7.26. The summed E-state index contributed by atoms with van der Waals surface area (Å²) in [4.78, 5) is 0. The summed E-state index contributed by atoms with van der Waals surface area (Å²) in [6.07, 6.45) is 0. The molecule has 11 rings (SSSR count). The van der Waals surface area contributed by atoms with Gasteiger partial charge in [-0.05, 0) is 76.6 Å². The van der Waals surface area contributed by atoms with Gasteiger partial charge in [-0.25, -0.2) is 0 Å². The SMILES string of the molecule is CC(C)(C)c1ccc2c(c1)c1cc(C(C)(C)C)cc3c4cc5c(cc4n2c13)c1cccc2c3c4c(ccc3n5c12)sc1ccccc14. The number of para-hydroxylation sites is 1. The highest BCUT2D eigenvalue weighted by atomic mass is 32.1. The minimum Gasteiger partial charge on any atom is -0.308 e. The molecule has 2 nitrogen and oxygen atoms in total. The number of benzene rings is 6. The molecule has 0 atom stereocenters. The Morgan fingerprint density at radius 1 is 0.404 bits per heavy atom. The topological polar surface area (TPSA) is 8.82 Å². The van der Waals surface area contributed by atoms with Crippen molar-refractivity contribution < 1.29 is 0 Å². The summed E-state index contributed by atoms with van der Waals surface area (Å²) >= 11 is 1.90. The predicted molar refractivity (Wildman–Crippen MR) is 206 cm³/mol. The molecule has 5 heterocycles. The second-order valence-electron chi connectivity index (χ2n) is 15.8.